The molecule has 0 radical (unpaired) electrons. The minimum Gasteiger partial charge on any atom is -0.330 e. The van der Waals surface area contributed by atoms with E-state index in [1.54, 1.807) is 13.8 Å². The number of alkyl halides is 3. The van der Waals surface area contributed by atoms with Crippen molar-refractivity contribution < 1.29 is 26.4 Å². The number of hydrogen-bond donors (Lipinski definition) is 0. The van der Waals surface area contributed by atoms with Gasteiger partial charge in [0.1, 0.15) is 6.54 Å². The van der Waals surface area contributed by atoms with Gasteiger partial charge in [-0.25, -0.2) is 8.42 Å². The minimum atomic E-state index is -4.52. The van der Waals surface area contributed by atoms with Crippen LogP contribution in [-0.2, 0) is 10.0 Å². The lowest BCUT2D eigenvalue weighted by molar-refractivity contribution is -0.140. The number of sulfonamides is 1. The van der Waals surface area contributed by atoms with Crippen LogP contribution < -0.4 is 0 Å². The van der Waals surface area contributed by atoms with Crippen molar-refractivity contribution in [2.75, 3.05) is 26.2 Å². The number of halogens is 3. The van der Waals surface area contributed by atoms with Gasteiger partial charge in [0.2, 0.25) is 10.0 Å². The van der Waals surface area contributed by atoms with Gasteiger partial charge in [0.05, 0.1) is 4.90 Å². The molecule has 24 heavy (non-hydrogen) atoms. The van der Waals surface area contributed by atoms with E-state index in [0.717, 1.165) is 6.07 Å². The van der Waals surface area contributed by atoms with E-state index in [9.17, 15) is 26.4 Å². The molecule has 0 fully saturated rings. The van der Waals surface area contributed by atoms with Gasteiger partial charge in [0.25, 0.3) is 5.91 Å². The normalized spacial score (nSPS) is 12.5. The van der Waals surface area contributed by atoms with Crippen LogP contribution in [0.4, 0.5) is 13.2 Å². The number of carbonyl (C=O) groups is 1. The van der Waals surface area contributed by atoms with Gasteiger partial charge in [-0.05, 0) is 25.1 Å². The molecule has 0 heterocycles. The summed E-state index contributed by atoms with van der Waals surface area (Å²) >= 11 is 0. The van der Waals surface area contributed by atoms with Crippen molar-refractivity contribution in [2.24, 2.45) is 0 Å². The van der Waals surface area contributed by atoms with Crippen molar-refractivity contribution in [1.82, 2.24) is 9.21 Å². The SMILES string of the molecule is CCN(CC(F)(F)F)C(=O)c1cccc(S(=O)(=O)N(CC)CC)c1. The van der Waals surface area contributed by atoms with E-state index in [1.807, 2.05) is 0 Å². The van der Waals surface area contributed by atoms with Crippen molar-refractivity contribution in [3.8, 4) is 0 Å². The van der Waals surface area contributed by atoms with Crippen molar-refractivity contribution in [2.45, 2.75) is 31.8 Å². The third-order valence-corrected chi connectivity index (χ3v) is 5.51. The van der Waals surface area contributed by atoms with Gasteiger partial charge in [-0.1, -0.05) is 19.9 Å². The van der Waals surface area contributed by atoms with Crippen molar-refractivity contribution in [3.05, 3.63) is 29.8 Å². The Morgan fingerprint density at radius 1 is 1.08 bits per heavy atom. The van der Waals surface area contributed by atoms with Crippen LogP contribution in [0.3, 0.4) is 0 Å². The van der Waals surface area contributed by atoms with Crippen molar-refractivity contribution >= 4 is 15.9 Å². The fourth-order valence-electron chi connectivity index (χ4n) is 2.23. The lowest BCUT2D eigenvalue weighted by Gasteiger charge is -2.23. The molecule has 0 saturated heterocycles. The molecule has 9 heteroatoms. The monoisotopic (exact) mass is 366 g/mol. The number of rotatable bonds is 7. The summed E-state index contributed by atoms with van der Waals surface area (Å²) in [5, 5.41) is 0. The maximum atomic E-state index is 12.5. The first-order chi connectivity index (χ1) is 11.1. The van der Waals surface area contributed by atoms with Crippen LogP contribution in [0.15, 0.2) is 29.2 Å². The molecule has 0 N–H and O–H groups in total. The van der Waals surface area contributed by atoms with Crippen LogP contribution in [0.2, 0.25) is 0 Å². The second-order valence-corrected chi connectivity index (χ2v) is 6.99. The molecule has 0 aliphatic heterocycles. The standard InChI is InChI=1S/C15H21F3N2O3S/c1-4-19(11-15(16,17)18)14(21)12-8-7-9-13(10-12)24(22,23)20(5-2)6-3/h7-10H,4-6,11H2,1-3H3. The molecular formula is C15H21F3N2O3S. The number of carbonyl (C=O) groups excluding carboxylic acids is 1. The van der Waals surface area contributed by atoms with Gasteiger partial charge >= 0.3 is 6.18 Å². The van der Waals surface area contributed by atoms with Crippen LogP contribution in [0, 0.1) is 0 Å². The molecule has 1 rings (SSSR count). The molecular weight excluding hydrogens is 345 g/mol. The van der Waals surface area contributed by atoms with Crippen LogP contribution >= 0.6 is 0 Å². The summed E-state index contributed by atoms with van der Waals surface area (Å²) < 4.78 is 63.7. The second kappa shape index (κ2) is 7.98. The maximum absolute atomic E-state index is 12.5. The summed E-state index contributed by atoms with van der Waals surface area (Å²) in [5.74, 6) is -0.855. The van der Waals surface area contributed by atoms with E-state index in [2.05, 4.69) is 0 Å². The molecule has 0 atom stereocenters. The average Bonchev–Trinajstić information content (AvgIpc) is 2.52. The predicted octanol–water partition coefficient (Wildman–Crippen LogP) is 2.74. The first-order valence-corrected chi connectivity index (χ1v) is 8.97. The Morgan fingerprint density at radius 2 is 1.67 bits per heavy atom. The van der Waals surface area contributed by atoms with Gasteiger partial charge in [0, 0.05) is 25.2 Å². The second-order valence-electron chi connectivity index (χ2n) is 5.05. The van der Waals surface area contributed by atoms with Crippen molar-refractivity contribution in [1.29, 1.82) is 0 Å². The lowest BCUT2D eigenvalue weighted by atomic mass is 10.2. The molecule has 1 aromatic carbocycles. The van der Waals surface area contributed by atoms with Crippen LogP contribution in [-0.4, -0.2) is 55.9 Å². The van der Waals surface area contributed by atoms with Crippen molar-refractivity contribution in [3.63, 3.8) is 0 Å². The third-order valence-electron chi connectivity index (χ3n) is 3.46. The predicted molar refractivity (Wildman–Crippen MR) is 84.2 cm³/mol. The summed E-state index contributed by atoms with van der Waals surface area (Å²) in [7, 11) is -3.78. The van der Waals surface area contributed by atoms with Gasteiger partial charge in [-0.2, -0.15) is 17.5 Å². The number of benzene rings is 1. The zero-order valence-electron chi connectivity index (χ0n) is 13.8. The maximum Gasteiger partial charge on any atom is 0.406 e. The molecule has 0 aliphatic rings. The van der Waals surface area contributed by atoms with E-state index in [0.29, 0.717) is 4.90 Å². The average molecular weight is 366 g/mol. The Bertz CT molecular complexity index is 671. The Morgan fingerprint density at radius 3 is 2.12 bits per heavy atom. The topological polar surface area (TPSA) is 57.7 Å². The van der Waals surface area contributed by atoms with E-state index in [1.165, 1.54) is 29.4 Å². The first-order valence-electron chi connectivity index (χ1n) is 7.53. The zero-order valence-corrected chi connectivity index (χ0v) is 14.6. The van der Waals surface area contributed by atoms with Crippen LogP contribution in [0.1, 0.15) is 31.1 Å². The van der Waals surface area contributed by atoms with Crippen LogP contribution in [0.5, 0.6) is 0 Å². The molecule has 0 aliphatic carbocycles. The summed E-state index contributed by atoms with van der Waals surface area (Å²) in [4.78, 5) is 12.8. The van der Waals surface area contributed by atoms with Crippen LogP contribution in [0.25, 0.3) is 0 Å². The molecule has 0 spiro atoms. The van der Waals surface area contributed by atoms with E-state index >= 15 is 0 Å². The van der Waals surface area contributed by atoms with E-state index in [-0.39, 0.29) is 30.1 Å². The highest BCUT2D eigenvalue weighted by Gasteiger charge is 2.33. The van der Waals surface area contributed by atoms with Gasteiger partial charge in [0.15, 0.2) is 0 Å². The highest BCUT2D eigenvalue weighted by molar-refractivity contribution is 7.89. The molecule has 5 nitrogen and oxygen atoms in total. The summed E-state index contributed by atoms with van der Waals surface area (Å²) in [6, 6.07) is 5.10. The fraction of sp³-hybridized carbons (Fsp3) is 0.533. The Kier molecular flexibility index (Phi) is 6.79. The molecule has 136 valence electrons. The quantitative estimate of drug-likeness (QED) is 0.746. The molecule has 0 unspecified atom stereocenters. The van der Waals surface area contributed by atoms with E-state index in [4.69, 9.17) is 0 Å². The largest absolute Gasteiger partial charge is 0.406 e. The zero-order chi connectivity index (χ0) is 18.5. The highest BCUT2D eigenvalue weighted by atomic mass is 32.2. The fourth-order valence-corrected chi connectivity index (χ4v) is 3.73. The molecule has 1 aromatic rings. The van der Waals surface area contributed by atoms with E-state index < -0.39 is 28.7 Å². The molecule has 0 aromatic heterocycles. The Labute approximate surface area is 140 Å². The van der Waals surface area contributed by atoms with Gasteiger partial charge in [-0.15, -0.1) is 0 Å². The number of amides is 1. The first kappa shape index (κ1) is 20.4. The number of nitrogens with zero attached hydrogens (tertiary/aromatic N) is 2. The summed E-state index contributed by atoms with van der Waals surface area (Å²) in [6.07, 6.45) is -4.52. The lowest BCUT2D eigenvalue weighted by Crippen LogP contribution is -2.39. The summed E-state index contributed by atoms with van der Waals surface area (Å²) in [6.45, 7) is 3.79. The third kappa shape index (κ3) is 4.94. The molecule has 1 amide bonds. The minimum absolute atomic E-state index is 0.0886. The molecule has 0 saturated carbocycles. The summed E-state index contributed by atoms with van der Waals surface area (Å²) in [5.41, 5.74) is -0.0886. The highest BCUT2D eigenvalue weighted by Crippen LogP contribution is 2.20. The van der Waals surface area contributed by atoms with Gasteiger partial charge in [-0.3, -0.25) is 4.79 Å². The Hall–Kier alpha value is -1.61. The molecule has 0 bridgehead atoms. The smallest absolute Gasteiger partial charge is 0.330 e. The van der Waals surface area contributed by atoms with Gasteiger partial charge < -0.3 is 4.90 Å². The number of hydrogen-bond acceptors (Lipinski definition) is 3. The Balaban J connectivity index is 3.18.